The summed E-state index contributed by atoms with van der Waals surface area (Å²) in [6.07, 6.45) is 0. The summed E-state index contributed by atoms with van der Waals surface area (Å²) in [4.78, 5) is 10.9. The van der Waals surface area contributed by atoms with E-state index in [2.05, 4.69) is 15.9 Å². The van der Waals surface area contributed by atoms with E-state index in [1.807, 2.05) is 25.1 Å². The van der Waals surface area contributed by atoms with Gasteiger partial charge in [0.25, 0.3) is 0 Å². The van der Waals surface area contributed by atoms with Gasteiger partial charge in [-0.1, -0.05) is 33.6 Å². The van der Waals surface area contributed by atoms with Crippen LogP contribution in [0.2, 0.25) is 0 Å². The van der Waals surface area contributed by atoms with Crippen LogP contribution in [0.1, 0.15) is 17.0 Å². The molecule has 0 radical (unpaired) electrons. The smallest absolute Gasteiger partial charge is 0.312 e. The van der Waals surface area contributed by atoms with Gasteiger partial charge in [-0.05, 0) is 18.6 Å². The van der Waals surface area contributed by atoms with Crippen molar-refractivity contribution in [2.24, 2.45) is 5.73 Å². The molecular formula is C10H12BrNO2. The zero-order chi connectivity index (χ0) is 10.7. The van der Waals surface area contributed by atoms with Gasteiger partial charge in [0, 0.05) is 11.0 Å². The highest BCUT2D eigenvalue weighted by Crippen LogP contribution is 2.25. The molecule has 1 aromatic rings. The van der Waals surface area contributed by atoms with Gasteiger partial charge in [0.05, 0.1) is 5.92 Å². The van der Waals surface area contributed by atoms with Crippen LogP contribution in [0.15, 0.2) is 22.7 Å². The molecule has 3 N–H and O–H groups in total. The van der Waals surface area contributed by atoms with E-state index in [-0.39, 0.29) is 6.54 Å². The average molecular weight is 258 g/mol. The summed E-state index contributed by atoms with van der Waals surface area (Å²) >= 11 is 3.32. The lowest BCUT2D eigenvalue weighted by Gasteiger charge is -2.12. The minimum atomic E-state index is -0.890. The van der Waals surface area contributed by atoms with Crippen molar-refractivity contribution in [2.75, 3.05) is 6.54 Å². The van der Waals surface area contributed by atoms with E-state index in [1.54, 1.807) is 0 Å². The van der Waals surface area contributed by atoms with Gasteiger partial charge in [-0.2, -0.15) is 0 Å². The predicted octanol–water partition coefficient (Wildman–Crippen LogP) is 1.88. The zero-order valence-electron chi connectivity index (χ0n) is 7.83. The van der Waals surface area contributed by atoms with Crippen LogP contribution in [0.4, 0.5) is 0 Å². The van der Waals surface area contributed by atoms with Crippen LogP contribution < -0.4 is 5.73 Å². The summed E-state index contributed by atoms with van der Waals surface area (Å²) in [5.41, 5.74) is 7.19. The topological polar surface area (TPSA) is 63.3 Å². The highest BCUT2D eigenvalue weighted by molar-refractivity contribution is 9.10. The number of carboxylic acid groups (broad SMARTS) is 1. The van der Waals surface area contributed by atoms with Gasteiger partial charge in [-0.25, -0.2) is 0 Å². The third-order valence-electron chi connectivity index (χ3n) is 2.06. The van der Waals surface area contributed by atoms with Gasteiger partial charge < -0.3 is 10.8 Å². The second-order valence-corrected chi connectivity index (χ2v) is 4.01. The van der Waals surface area contributed by atoms with Gasteiger partial charge in [-0.15, -0.1) is 0 Å². The first kappa shape index (κ1) is 11.2. The minimum absolute atomic E-state index is 0.109. The SMILES string of the molecule is Cc1ccc(Br)c(C(CN)C(=O)O)c1. The van der Waals surface area contributed by atoms with Crippen molar-refractivity contribution in [1.29, 1.82) is 0 Å². The molecule has 0 fully saturated rings. The number of rotatable bonds is 3. The maximum Gasteiger partial charge on any atom is 0.312 e. The van der Waals surface area contributed by atoms with Gasteiger partial charge in [-0.3, -0.25) is 4.79 Å². The molecule has 0 saturated heterocycles. The van der Waals surface area contributed by atoms with Gasteiger partial charge in [0.1, 0.15) is 0 Å². The fourth-order valence-electron chi connectivity index (χ4n) is 1.29. The number of aliphatic carboxylic acids is 1. The second-order valence-electron chi connectivity index (χ2n) is 3.15. The number of nitrogens with two attached hydrogens (primary N) is 1. The summed E-state index contributed by atoms with van der Waals surface area (Å²) in [6.45, 7) is 2.03. The summed E-state index contributed by atoms with van der Waals surface area (Å²) in [7, 11) is 0. The van der Waals surface area contributed by atoms with Crippen LogP contribution in [-0.4, -0.2) is 17.6 Å². The highest BCUT2D eigenvalue weighted by Gasteiger charge is 2.20. The van der Waals surface area contributed by atoms with E-state index in [4.69, 9.17) is 10.8 Å². The molecule has 1 unspecified atom stereocenters. The van der Waals surface area contributed by atoms with Crippen LogP contribution in [0.3, 0.4) is 0 Å². The van der Waals surface area contributed by atoms with Crippen LogP contribution in [0.25, 0.3) is 0 Å². The fraction of sp³-hybridized carbons (Fsp3) is 0.300. The molecule has 0 saturated carbocycles. The molecule has 3 nitrogen and oxygen atoms in total. The normalized spacial score (nSPS) is 12.5. The molecule has 0 heterocycles. The van der Waals surface area contributed by atoms with E-state index in [9.17, 15) is 4.79 Å². The Morgan fingerprint density at radius 2 is 2.29 bits per heavy atom. The lowest BCUT2D eigenvalue weighted by atomic mass is 9.98. The summed E-state index contributed by atoms with van der Waals surface area (Å²) in [5.74, 6) is -1.52. The standard InChI is InChI=1S/C10H12BrNO2/c1-6-2-3-9(11)7(4-6)8(5-12)10(13)14/h2-4,8H,5,12H2,1H3,(H,13,14). The molecule has 0 bridgehead atoms. The number of carboxylic acids is 1. The second kappa shape index (κ2) is 4.57. The van der Waals surface area contributed by atoms with Crippen molar-refractivity contribution in [3.63, 3.8) is 0 Å². The Bertz CT molecular complexity index is 352. The molecule has 0 spiro atoms. The predicted molar refractivity (Wildman–Crippen MR) is 58.3 cm³/mol. The van der Waals surface area contributed by atoms with Crippen LogP contribution in [0, 0.1) is 6.92 Å². The maximum atomic E-state index is 10.9. The van der Waals surface area contributed by atoms with Crippen molar-refractivity contribution in [1.82, 2.24) is 0 Å². The monoisotopic (exact) mass is 257 g/mol. The molecule has 0 aromatic heterocycles. The van der Waals surface area contributed by atoms with Crippen molar-refractivity contribution in [3.8, 4) is 0 Å². The first-order valence-electron chi connectivity index (χ1n) is 4.25. The molecule has 1 aromatic carbocycles. The number of benzene rings is 1. The molecular weight excluding hydrogens is 246 g/mol. The molecule has 0 aliphatic heterocycles. The number of hydrogen-bond acceptors (Lipinski definition) is 2. The largest absolute Gasteiger partial charge is 0.481 e. The van der Waals surface area contributed by atoms with E-state index < -0.39 is 11.9 Å². The van der Waals surface area contributed by atoms with Gasteiger partial charge in [0.15, 0.2) is 0 Å². The van der Waals surface area contributed by atoms with Gasteiger partial charge >= 0.3 is 5.97 Å². The number of halogens is 1. The van der Waals surface area contributed by atoms with Crippen molar-refractivity contribution >= 4 is 21.9 Å². The van der Waals surface area contributed by atoms with Gasteiger partial charge in [0.2, 0.25) is 0 Å². The summed E-state index contributed by atoms with van der Waals surface area (Å²) < 4.78 is 0.793. The Balaban J connectivity index is 3.15. The van der Waals surface area contributed by atoms with Crippen molar-refractivity contribution in [2.45, 2.75) is 12.8 Å². The molecule has 14 heavy (non-hydrogen) atoms. The van der Waals surface area contributed by atoms with E-state index in [0.717, 1.165) is 15.6 Å². The first-order chi connectivity index (χ1) is 6.56. The molecule has 0 aliphatic carbocycles. The van der Waals surface area contributed by atoms with Crippen LogP contribution in [0.5, 0.6) is 0 Å². The highest BCUT2D eigenvalue weighted by atomic mass is 79.9. The average Bonchev–Trinajstić information content (AvgIpc) is 2.11. The Kier molecular flexibility index (Phi) is 3.66. The Hall–Kier alpha value is -0.870. The molecule has 4 heteroatoms. The summed E-state index contributed by atoms with van der Waals surface area (Å²) in [5, 5.41) is 8.94. The third-order valence-corrected chi connectivity index (χ3v) is 2.78. The van der Waals surface area contributed by atoms with E-state index in [0.29, 0.717) is 0 Å². The molecule has 1 rings (SSSR count). The number of carbonyl (C=O) groups is 1. The Morgan fingerprint density at radius 1 is 1.64 bits per heavy atom. The Labute approximate surface area is 91.1 Å². The summed E-state index contributed by atoms with van der Waals surface area (Å²) in [6, 6.07) is 5.61. The number of aryl methyl sites for hydroxylation is 1. The third kappa shape index (κ3) is 2.33. The molecule has 0 amide bonds. The lowest BCUT2D eigenvalue weighted by molar-refractivity contribution is -0.138. The maximum absolute atomic E-state index is 10.9. The van der Waals surface area contributed by atoms with Crippen LogP contribution >= 0.6 is 15.9 Å². The van der Waals surface area contributed by atoms with Crippen molar-refractivity contribution < 1.29 is 9.90 Å². The fourth-order valence-corrected chi connectivity index (χ4v) is 1.81. The van der Waals surface area contributed by atoms with Crippen LogP contribution in [-0.2, 0) is 4.79 Å². The Morgan fingerprint density at radius 3 is 2.79 bits per heavy atom. The first-order valence-corrected chi connectivity index (χ1v) is 5.04. The minimum Gasteiger partial charge on any atom is -0.481 e. The molecule has 1 atom stereocenters. The molecule has 76 valence electrons. The lowest BCUT2D eigenvalue weighted by Crippen LogP contribution is -2.21. The zero-order valence-corrected chi connectivity index (χ0v) is 9.41. The van der Waals surface area contributed by atoms with Crippen molar-refractivity contribution in [3.05, 3.63) is 33.8 Å². The number of hydrogen-bond donors (Lipinski definition) is 2. The molecule has 0 aliphatic rings. The quantitative estimate of drug-likeness (QED) is 0.870. The van der Waals surface area contributed by atoms with E-state index >= 15 is 0 Å². The van der Waals surface area contributed by atoms with E-state index in [1.165, 1.54) is 0 Å².